The molecule has 0 fully saturated rings. The van der Waals surface area contributed by atoms with Crippen molar-refractivity contribution in [3.8, 4) is 5.69 Å². The molecule has 2 aromatic heterocycles. The first-order chi connectivity index (χ1) is 16.0. The molecule has 2 heterocycles. The number of hydrogen-bond acceptors (Lipinski definition) is 4. The third-order valence-corrected chi connectivity index (χ3v) is 5.66. The van der Waals surface area contributed by atoms with Gasteiger partial charge < -0.3 is 10.6 Å². The van der Waals surface area contributed by atoms with E-state index in [2.05, 4.69) is 58.8 Å². The number of pyridine rings is 1. The quantitative estimate of drug-likeness (QED) is 0.407. The summed E-state index contributed by atoms with van der Waals surface area (Å²) in [5.41, 5.74) is 5.16. The fourth-order valence-electron chi connectivity index (χ4n) is 3.67. The molecule has 0 aliphatic carbocycles. The topological polar surface area (TPSA) is 71.8 Å². The number of carbonyl (C=O) groups is 1. The number of carbonyl (C=O) groups excluding carboxylic acids is 1. The summed E-state index contributed by atoms with van der Waals surface area (Å²) in [6.07, 6.45) is 3.58. The Balaban J connectivity index is 1.46. The molecular formula is C27H29N5O. The highest BCUT2D eigenvalue weighted by Gasteiger charge is 2.21. The minimum atomic E-state index is -0.491. The predicted molar refractivity (Wildman–Crippen MR) is 132 cm³/mol. The lowest BCUT2D eigenvalue weighted by molar-refractivity contribution is -0.118. The molecular weight excluding hydrogens is 410 g/mol. The van der Waals surface area contributed by atoms with Gasteiger partial charge in [-0.25, -0.2) is 9.67 Å². The highest BCUT2D eigenvalue weighted by Crippen LogP contribution is 2.20. The average molecular weight is 440 g/mol. The van der Waals surface area contributed by atoms with Crippen LogP contribution in [0, 0.1) is 13.8 Å². The van der Waals surface area contributed by atoms with Gasteiger partial charge in [0.1, 0.15) is 11.9 Å². The van der Waals surface area contributed by atoms with Crippen molar-refractivity contribution in [2.24, 2.45) is 0 Å². The number of amides is 1. The van der Waals surface area contributed by atoms with Gasteiger partial charge in [0.2, 0.25) is 5.91 Å². The van der Waals surface area contributed by atoms with Gasteiger partial charge in [0, 0.05) is 12.7 Å². The Hall–Kier alpha value is -3.77. The van der Waals surface area contributed by atoms with Crippen LogP contribution in [0.25, 0.3) is 5.69 Å². The van der Waals surface area contributed by atoms with Gasteiger partial charge >= 0.3 is 0 Å². The number of benzene rings is 2. The number of anilines is 1. The zero-order valence-electron chi connectivity index (χ0n) is 19.2. The lowest BCUT2D eigenvalue weighted by Gasteiger charge is -2.21. The smallest absolute Gasteiger partial charge is 0.247 e. The Morgan fingerprint density at radius 3 is 2.33 bits per heavy atom. The molecule has 4 rings (SSSR count). The molecule has 1 amide bonds. The van der Waals surface area contributed by atoms with Crippen molar-refractivity contribution in [2.45, 2.75) is 32.7 Å². The molecule has 0 saturated heterocycles. The van der Waals surface area contributed by atoms with Crippen LogP contribution in [0.2, 0.25) is 0 Å². The summed E-state index contributed by atoms with van der Waals surface area (Å²) < 4.78 is 1.76. The van der Waals surface area contributed by atoms with Crippen molar-refractivity contribution < 1.29 is 4.79 Å². The van der Waals surface area contributed by atoms with E-state index in [1.54, 1.807) is 16.9 Å². The van der Waals surface area contributed by atoms with Crippen molar-refractivity contribution in [1.29, 1.82) is 0 Å². The first-order valence-electron chi connectivity index (χ1n) is 11.1. The normalized spacial score (nSPS) is 12.8. The van der Waals surface area contributed by atoms with Crippen molar-refractivity contribution in [1.82, 2.24) is 20.1 Å². The average Bonchev–Trinajstić information content (AvgIpc) is 3.27. The maximum absolute atomic E-state index is 13.2. The molecule has 0 aliphatic heterocycles. The van der Waals surface area contributed by atoms with Crippen LogP contribution >= 0.6 is 0 Å². The van der Waals surface area contributed by atoms with Crippen LogP contribution in [0.5, 0.6) is 0 Å². The number of hydrogen-bond donors (Lipinski definition) is 2. The molecule has 0 aliphatic rings. The van der Waals surface area contributed by atoms with Crippen LogP contribution in [0.3, 0.4) is 0 Å². The van der Waals surface area contributed by atoms with Gasteiger partial charge in [0.05, 0.1) is 17.6 Å². The minimum Gasteiger partial charge on any atom is -0.309 e. The second-order valence-corrected chi connectivity index (χ2v) is 8.36. The molecule has 0 saturated carbocycles. The van der Waals surface area contributed by atoms with Crippen LogP contribution in [0.15, 0.2) is 85.2 Å². The summed E-state index contributed by atoms with van der Waals surface area (Å²) in [5, 5.41) is 10.8. The standard InChI is InChI=1S/C27H29N5O/c1-19-9-11-22(12-10-19)20(2)17-29-26(23-7-5-4-6-8-23)27(33)30-25-14-13-24(18-28-25)32-16-15-21(3)31-32/h4-16,18,20,26,29H,17H2,1-3H3,(H,28,30,33)/t20-,26+/m0/s1. The lowest BCUT2D eigenvalue weighted by Crippen LogP contribution is -2.35. The zero-order chi connectivity index (χ0) is 23.2. The summed E-state index contributed by atoms with van der Waals surface area (Å²) in [7, 11) is 0. The summed E-state index contributed by atoms with van der Waals surface area (Å²) in [6.45, 7) is 6.85. The maximum Gasteiger partial charge on any atom is 0.247 e. The summed E-state index contributed by atoms with van der Waals surface area (Å²) in [6, 6.07) is 23.4. The Morgan fingerprint density at radius 2 is 1.70 bits per heavy atom. The predicted octanol–water partition coefficient (Wildman–Crippen LogP) is 4.96. The third kappa shape index (κ3) is 5.73. The zero-order valence-corrected chi connectivity index (χ0v) is 19.2. The number of nitrogens with zero attached hydrogens (tertiary/aromatic N) is 3. The molecule has 168 valence electrons. The molecule has 2 atom stereocenters. The maximum atomic E-state index is 13.2. The minimum absolute atomic E-state index is 0.146. The van der Waals surface area contributed by atoms with Crippen molar-refractivity contribution in [3.05, 3.63) is 108 Å². The Morgan fingerprint density at radius 1 is 0.939 bits per heavy atom. The molecule has 6 nitrogen and oxygen atoms in total. The molecule has 2 N–H and O–H groups in total. The highest BCUT2D eigenvalue weighted by atomic mass is 16.2. The van der Waals surface area contributed by atoms with E-state index in [4.69, 9.17) is 0 Å². The second kappa shape index (κ2) is 10.2. The number of nitrogens with one attached hydrogen (secondary N) is 2. The SMILES string of the molecule is Cc1ccc([C@@H](C)CN[C@@H](C(=O)Nc2ccc(-n3ccc(C)n3)cn2)c2ccccc2)cc1. The van der Waals surface area contributed by atoms with Gasteiger partial charge in [-0.15, -0.1) is 0 Å². The summed E-state index contributed by atoms with van der Waals surface area (Å²) in [4.78, 5) is 17.6. The lowest BCUT2D eigenvalue weighted by atomic mass is 9.98. The Bertz CT molecular complexity index is 1180. The van der Waals surface area contributed by atoms with Gasteiger partial charge in [0.15, 0.2) is 0 Å². The first kappa shape index (κ1) is 22.4. The molecule has 33 heavy (non-hydrogen) atoms. The molecule has 0 bridgehead atoms. The van der Waals surface area contributed by atoms with Gasteiger partial charge in [-0.2, -0.15) is 5.10 Å². The highest BCUT2D eigenvalue weighted by molar-refractivity contribution is 5.94. The van der Waals surface area contributed by atoms with Gasteiger partial charge in [-0.1, -0.05) is 67.1 Å². The Labute approximate surface area is 194 Å². The van der Waals surface area contributed by atoms with E-state index in [9.17, 15) is 4.79 Å². The van der Waals surface area contributed by atoms with Crippen molar-refractivity contribution >= 4 is 11.7 Å². The summed E-state index contributed by atoms with van der Waals surface area (Å²) >= 11 is 0. The fraction of sp³-hybridized carbons (Fsp3) is 0.222. The van der Waals surface area contributed by atoms with E-state index < -0.39 is 6.04 Å². The third-order valence-electron chi connectivity index (χ3n) is 5.66. The van der Waals surface area contributed by atoms with Crippen LogP contribution in [-0.4, -0.2) is 27.2 Å². The molecule has 0 spiro atoms. The van der Waals surface area contributed by atoms with Gasteiger partial charge in [-0.05, 0) is 49.1 Å². The molecule has 4 aromatic rings. The van der Waals surface area contributed by atoms with Gasteiger partial charge in [0.25, 0.3) is 0 Å². The van der Waals surface area contributed by atoms with E-state index in [0.717, 1.165) is 16.9 Å². The number of aryl methyl sites for hydroxylation is 2. The molecule has 6 heteroatoms. The van der Waals surface area contributed by atoms with E-state index >= 15 is 0 Å². The summed E-state index contributed by atoms with van der Waals surface area (Å²) in [5.74, 6) is 0.619. The van der Waals surface area contributed by atoms with Crippen LogP contribution in [-0.2, 0) is 4.79 Å². The van der Waals surface area contributed by atoms with Crippen LogP contribution < -0.4 is 10.6 Å². The molecule has 0 radical (unpaired) electrons. The molecule has 2 aromatic carbocycles. The monoisotopic (exact) mass is 439 g/mol. The van der Waals surface area contributed by atoms with Crippen LogP contribution in [0.4, 0.5) is 5.82 Å². The molecule has 0 unspecified atom stereocenters. The van der Waals surface area contributed by atoms with E-state index in [1.165, 1.54) is 11.1 Å². The number of rotatable bonds is 8. The van der Waals surface area contributed by atoms with Crippen molar-refractivity contribution in [2.75, 3.05) is 11.9 Å². The largest absolute Gasteiger partial charge is 0.309 e. The van der Waals surface area contributed by atoms with Crippen LogP contribution in [0.1, 0.15) is 41.3 Å². The second-order valence-electron chi connectivity index (χ2n) is 8.36. The first-order valence-corrected chi connectivity index (χ1v) is 11.1. The van der Waals surface area contributed by atoms with Gasteiger partial charge in [-0.3, -0.25) is 4.79 Å². The van der Waals surface area contributed by atoms with E-state index in [0.29, 0.717) is 12.4 Å². The fourth-order valence-corrected chi connectivity index (χ4v) is 3.67. The van der Waals surface area contributed by atoms with Crippen molar-refractivity contribution in [3.63, 3.8) is 0 Å². The Kier molecular flexibility index (Phi) is 6.95. The number of aromatic nitrogens is 3. The van der Waals surface area contributed by atoms with E-state index in [1.807, 2.05) is 55.6 Å². The van der Waals surface area contributed by atoms with E-state index in [-0.39, 0.29) is 11.8 Å².